The number of anilines is 1. The predicted molar refractivity (Wildman–Crippen MR) is 76.1 cm³/mol. The molecule has 1 aromatic carbocycles. The molecule has 6 nitrogen and oxygen atoms in total. The van der Waals surface area contributed by atoms with E-state index in [4.69, 9.17) is 9.47 Å². The number of hydrogen-bond donors (Lipinski definition) is 2. The molecule has 0 aliphatic carbocycles. The van der Waals surface area contributed by atoms with Crippen molar-refractivity contribution >= 4 is 15.7 Å². The maximum Gasteiger partial charge on any atom is 0.240 e. The Labute approximate surface area is 119 Å². The number of hydrogen-bond acceptors (Lipinski definition) is 5. The van der Waals surface area contributed by atoms with Gasteiger partial charge in [0.1, 0.15) is 0 Å². The lowest BCUT2D eigenvalue weighted by Crippen LogP contribution is -2.45. The van der Waals surface area contributed by atoms with Gasteiger partial charge in [-0.2, -0.15) is 0 Å². The molecule has 1 aliphatic heterocycles. The van der Waals surface area contributed by atoms with Crippen LogP contribution in [0.25, 0.3) is 0 Å². The summed E-state index contributed by atoms with van der Waals surface area (Å²) in [6, 6.07) is 6.64. The third-order valence-corrected chi connectivity index (χ3v) is 4.46. The zero-order valence-electron chi connectivity index (χ0n) is 11.8. The van der Waals surface area contributed by atoms with E-state index in [1.807, 2.05) is 19.9 Å². The normalized spacial score (nSPS) is 19.8. The second-order valence-electron chi connectivity index (χ2n) is 5.10. The minimum absolute atomic E-state index is 0.00411. The Hall–Kier alpha value is -1.15. The zero-order valence-corrected chi connectivity index (χ0v) is 12.7. The molecule has 2 rings (SSSR count). The lowest BCUT2D eigenvalue weighted by molar-refractivity contribution is -0.247. The van der Waals surface area contributed by atoms with Crippen LogP contribution in [-0.2, 0) is 19.5 Å². The van der Waals surface area contributed by atoms with E-state index >= 15 is 0 Å². The lowest BCUT2D eigenvalue weighted by Gasteiger charge is -2.35. The smallest absolute Gasteiger partial charge is 0.240 e. The van der Waals surface area contributed by atoms with E-state index < -0.39 is 15.8 Å². The van der Waals surface area contributed by atoms with Gasteiger partial charge in [-0.15, -0.1) is 0 Å². The summed E-state index contributed by atoms with van der Waals surface area (Å²) < 4.78 is 36.9. The van der Waals surface area contributed by atoms with Gasteiger partial charge in [-0.3, -0.25) is 0 Å². The van der Waals surface area contributed by atoms with Gasteiger partial charge in [0.2, 0.25) is 10.0 Å². The molecule has 0 spiro atoms. The largest absolute Gasteiger partial charge is 0.378 e. The van der Waals surface area contributed by atoms with Crippen molar-refractivity contribution in [1.82, 2.24) is 4.72 Å². The third kappa shape index (κ3) is 3.69. The maximum atomic E-state index is 11.7. The van der Waals surface area contributed by atoms with E-state index in [1.165, 1.54) is 7.05 Å². The van der Waals surface area contributed by atoms with Crippen molar-refractivity contribution in [2.45, 2.75) is 30.6 Å². The quantitative estimate of drug-likeness (QED) is 0.872. The highest BCUT2D eigenvalue weighted by Gasteiger charge is 2.28. The molecule has 0 atom stereocenters. The van der Waals surface area contributed by atoms with Crippen molar-refractivity contribution in [1.29, 1.82) is 0 Å². The average Bonchev–Trinajstić information content (AvgIpc) is 2.42. The van der Waals surface area contributed by atoms with Crippen molar-refractivity contribution in [3.63, 3.8) is 0 Å². The molecule has 0 bridgehead atoms. The Balaban J connectivity index is 2.06. The molecule has 1 fully saturated rings. The molecule has 0 radical (unpaired) electrons. The summed E-state index contributed by atoms with van der Waals surface area (Å²) in [5, 5.41) is 3.21. The van der Waals surface area contributed by atoms with Crippen LogP contribution in [0.2, 0.25) is 0 Å². The van der Waals surface area contributed by atoms with Gasteiger partial charge in [0, 0.05) is 5.69 Å². The van der Waals surface area contributed by atoms with Gasteiger partial charge in [-0.1, -0.05) is 6.07 Å². The predicted octanol–water partition coefficient (Wildman–Crippen LogP) is 1.16. The molecule has 1 aromatic rings. The Morgan fingerprint density at radius 1 is 1.25 bits per heavy atom. The summed E-state index contributed by atoms with van der Waals surface area (Å²) in [4.78, 5) is 0.225. The first-order valence-electron chi connectivity index (χ1n) is 6.40. The van der Waals surface area contributed by atoms with Gasteiger partial charge in [-0.25, -0.2) is 13.1 Å². The second kappa shape index (κ2) is 5.69. The van der Waals surface area contributed by atoms with Gasteiger partial charge in [0.15, 0.2) is 5.79 Å². The number of nitrogens with one attached hydrogen (secondary N) is 2. The highest BCUT2D eigenvalue weighted by atomic mass is 32.2. The van der Waals surface area contributed by atoms with Gasteiger partial charge < -0.3 is 14.8 Å². The van der Waals surface area contributed by atoms with Gasteiger partial charge >= 0.3 is 0 Å². The monoisotopic (exact) mass is 300 g/mol. The van der Waals surface area contributed by atoms with Crippen molar-refractivity contribution < 1.29 is 17.9 Å². The van der Waals surface area contributed by atoms with Crippen molar-refractivity contribution in [2.75, 3.05) is 25.6 Å². The fourth-order valence-corrected chi connectivity index (χ4v) is 2.66. The van der Waals surface area contributed by atoms with Crippen LogP contribution in [0.15, 0.2) is 29.2 Å². The number of sulfonamides is 1. The third-order valence-electron chi connectivity index (χ3n) is 3.05. The maximum absolute atomic E-state index is 11.7. The van der Waals surface area contributed by atoms with Crippen LogP contribution in [0.4, 0.5) is 5.69 Å². The summed E-state index contributed by atoms with van der Waals surface area (Å²) in [6.07, 6.45) is 0. The van der Waals surface area contributed by atoms with Crippen LogP contribution < -0.4 is 10.0 Å². The van der Waals surface area contributed by atoms with Crippen LogP contribution in [0.3, 0.4) is 0 Å². The molecule has 20 heavy (non-hydrogen) atoms. The van der Waals surface area contributed by atoms with Crippen LogP contribution in [-0.4, -0.2) is 40.5 Å². The fraction of sp³-hybridized carbons (Fsp3) is 0.538. The first kappa shape index (κ1) is 15.2. The van der Waals surface area contributed by atoms with Crippen molar-refractivity contribution in [3.8, 4) is 0 Å². The molecule has 7 heteroatoms. The topological polar surface area (TPSA) is 76.7 Å². The Bertz CT molecular complexity index is 561. The van der Waals surface area contributed by atoms with Crippen LogP contribution in [0.1, 0.15) is 13.8 Å². The fourth-order valence-electron chi connectivity index (χ4n) is 1.88. The van der Waals surface area contributed by atoms with E-state index in [9.17, 15) is 8.42 Å². The molecule has 1 aliphatic rings. The zero-order chi connectivity index (χ0) is 14.8. The molecule has 1 saturated heterocycles. The molecule has 1 heterocycles. The van der Waals surface area contributed by atoms with E-state index in [2.05, 4.69) is 10.0 Å². The molecule has 112 valence electrons. The van der Waals surface area contributed by atoms with Gasteiger partial charge in [-0.05, 0) is 39.1 Å². The molecule has 0 aromatic heterocycles. The highest BCUT2D eigenvalue weighted by Crippen LogP contribution is 2.21. The first-order valence-corrected chi connectivity index (χ1v) is 7.89. The van der Waals surface area contributed by atoms with Crippen LogP contribution >= 0.6 is 0 Å². The van der Waals surface area contributed by atoms with E-state index in [0.29, 0.717) is 13.2 Å². The molecule has 0 saturated carbocycles. The minimum Gasteiger partial charge on any atom is -0.378 e. The Morgan fingerprint density at radius 2 is 1.90 bits per heavy atom. The van der Waals surface area contributed by atoms with Crippen LogP contribution in [0.5, 0.6) is 0 Å². The van der Waals surface area contributed by atoms with Gasteiger partial charge in [0.05, 0.1) is 24.2 Å². The van der Waals surface area contributed by atoms with Crippen LogP contribution in [0, 0.1) is 0 Å². The second-order valence-corrected chi connectivity index (χ2v) is 6.99. The number of ether oxygens (including phenoxy) is 2. The average molecular weight is 300 g/mol. The first-order chi connectivity index (χ1) is 9.32. The lowest BCUT2D eigenvalue weighted by atomic mass is 10.2. The van der Waals surface area contributed by atoms with E-state index in [0.717, 1.165) is 5.69 Å². The molecular formula is C13H20N2O4S. The minimum atomic E-state index is -3.43. The summed E-state index contributed by atoms with van der Waals surface area (Å²) >= 11 is 0. The number of benzene rings is 1. The summed E-state index contributed by atoms with van der Waals surface area (Å²) in [5.74, 6) is -0.560. The Morgan fingerprint density at radius 3 is 2.50 bits per heavy atom. The molecular weight excluding hydrogens is 280 g/mol. The highest BCUT2D eigenvalue weighted by molar-refractivity contribution is 7.89. The molecule has 2 N–H and O–H groups in total. The standard InChI is InChI=1S/C13H20N2O4S/c1-13(2)18-8-11(9-19-13)15-10-5-4-6-12(7-10)20(16,17)14-3/h4-7,11,14-15H,8-9H2,1-3H3. The number of rotatable bonds is 4. The Kier molecular flexibility index (Phi) is 4.33. The van der Waals surface area contributed by atoms with Crippen molar-refractivity contribution in [2.24, 2.45) is 0 Å². The van der Waals surface area contributed by atoms with Crippen molar-refractivity contribution in [3.05, 3.63) is 24.3 Å². The van der Waals surface area contributed by atoms with Gasteiger partial charge in [0.25, 0.3) is 0 Å². The summed E-state index contributed by atoms with van der Waals surface area (Å²) in [7, 11) is -2.04. The SMILES string of the molecule is CNS(=O)(=O)c1cccc(NC2COC(C)(C)OC2)c1. The molecule has 0 unspecified atom stereocenters. The van der Waals surface area contributed by atoms with E-state index in [-0.39, 0.29) is 10.9 Å². The van der Waals surface area contributed by atoms with E-state index in [1.54, 1.807) is 18.2 Å². The summed E-state index contributed by atoms with van der Waals surface area (Å²) in [5.41, 5.74) is 0.721. The molecule has 0 amide bonds. The summed E-state index contributed by atoms with van der Waals surface area (Å²) in [6.45, 7) is 4.75.